The predicted octanol–water partition coefficient (Wildman–Crippen LogP) is 4.43. The number of hydrogen-bond donors (Lipinski definition) is 1. The molecule has 1 aromatic heterocycles. The molecule has 2 rings (SSSR count). The largest absolute Gasteiger partial charge is 0.490 e. The molecule has 0 saturated heterocycles. The summed E-state index contributed by atoms with van der Waals surface area (Å²) in [6.45, 7) is 8.05. The Morgan fingerprint density at radius 3 is 2.43 bits per heavy atom. The van der Waals surface area contributed by atoms with E-state index in [0.29, 0.717) is 18.0 Å². The molecule has 0 spiro atoms. The molecule has 0 atom stereocenters. The van der Waals surface area contributed by atoms with E-state index in [9.17, 15) is 9.90 Å². The molecule has 0 saturated carbocycles. The van der Waals surface area contributed by atoms with Gasteiger partial charge < -0.3 is 9.84 Å². The van der Waals surface area contributed by atoms with E-state index in [-0.39, 0.29) is 11.7 Å². The number of para-hydroxylation sites is 1. The lowest BCUT2D eigenvalue weighted by molar-refractivity contribution is 0.0695. The first-order valence-electron chi connectivity index (χ1n) is 7.87. The summed E-state index contributed by atoms with van der Waals surface area (Å²) in [5.74, 6) is 0.151. The summed E-state index contributed by atoms with van der Waals surface area (Å²) >= 11 is 0. The molecule has 0 unspecified atom stereocenters. The van der Waals surface area contributed by atoms with Gasteiger partial charge in [0.05, 0.1) is 23.1 Å². The smallest absolute Gasteiger partial charge is 0.337 e. The van der Waals surface area contributed by atoms with Crippen molar-refractivity contribution in [2.75, 3.05) is 0 Å². The van der Waals surface area contributed by atoms with Crippen molar-refractivity contribution in [2.45, 2.75) is 40.2 Å². The Hall–Kier alpha value is -2.36. The molecule has 0 aliphatic carbocycles. The van der Waals surface area contributed by atoms with E-state index >= 15 is 0 Å². The van der Waals surface area contributed by atoms with Crippen molar-refractivity contribution in [2.24, 2.45) is 5.92 Å². The van der Waals surface area contributed by atoms with Gasteiger partial charge in [0.2, 0.25) is 0 Å². The van der Waals surface area contributed by atoms with Crippen molar-refractivity contribution in [1.29, 1.82) is 0 Å². The second-order valence-electron chi connectivity index (χ2n) is 6.26. The number of aromatic nitrogens is 1. The zero-order chi connectivity index (χ0) is 17.0. The van der Waals surface area contributed by atoms with Crippen LogP contribution in [-0.4, -0.2) is 22.2 Å². The highest BCUT2D eigenvalue weighted by Crippen LogP contribution is 2.30. The van der Waals surface area contributed by atoms with E-state index in [1.807, 2.05) is 38.1 Å². The van der Waals surface area contributed by atoms with Crippen molar-refractivity contribution in [3.8, 4) is 17.0 Å². The number of aromatic carboxylic acids is 1. The minimum atomic E-state index is -0.939. The standard InChI is InChI=1S/C19H23NO3/c1-12(2)11-17-15(19(21)22)9-10-16(20-17)14-7-5-6-8-18(14)23-13(3)4/h5-10,12-13H,11H2,1-4H3,(H,21,22). The van der Waals surface area contributed by atoms with Gasteiger partial charge in [-0.05, 0) is 50.5 Å². The molecule has 2 aromatic rings. The van der Waals surface area contributed by atoms with Gasteiger partial charge in [0, 0.05) is 5.56 Å². The summed E-state index contributed by atoms with van der Waals surface area (Å²) in [6, 6.07) is 11.1. The Labute approximate surface area is 137 Å². The maximum absolute atomic E-state index is 11.4. The van der Waals surface area contributed by atoms with Crippen LogP contribution in [0, 0.1) is 5.92 Å². The predicted molar refractivity (Wildman–Crippen MR) is 90.9 cm³/mol. The fraction of sp³-hybridized carbons (Fsp3) is 0.368. The van der Waals surface area contributed by atoms with Gasteiger partial charge in [0.15, 0.2) is 0 Å². The second kappa shape index (κ2) is 7.27. The topological polar surface area (TPSA) is 59.4 Å². The molecular weight excluding hydrogens is 290 g/mol. The van der Waals surface area contributed by atoms with Crippen LogP contribution < -0.4 is 4.74 Å². The van der Waals surface area contributed by atoms with Gasteiger partial charge in [-0.1, -0.05) is 26.0 Å². The van der Waals surface area contributed by atoms with Gasteiger partial charge in [0.1, 0.15) is 5.75 Å². The number of carboxylic acid groups (broad SMARTS) is 1. The Kier molecular flexibility index (Phi) is 5.37. The number of benzene rings is 1. The van der Waals surface area contributed by atoms with E-state index in [1.165, 1.54) is 0 Å². The van der Waals surface area contributed by atoms with Crippen LogP contribution in [0.4, 0.5) is 0 Å². The molecule has 0 aliphatic heterocycles. The van der Waals surface area contributed by atoms with Crippen LogP contribution in [0.25, 0.3) is 11.3 Å². The van der Waals surface area contributed by atoms with Crippen LogP contribution in [0.2, 0.25) is 0 Å². The molecule has 4 nitrogen and oxygen atoms in total. The first kappa shape index (κ1) is 17.0. The average Bonchev–Trinajstić information content (AvgIpc) is 2.46. The number of nitrogens with zero attached hydrogens (tertiary/aromatic N) is 1. The molecule has 0 fully saturated rings. The molecule has 0 bridgehead atoms. The summed E-state index contributed by atoms with van der Waals surface area (Å²) in [4.78, 5) is 16.0. The van der Waals surface area contributed by atoms with E-state index in [0.717, 1.165) is 17.0 Å². The number of rotatable bonds is 6. The minimum absolute atomic E-state index is 0.0598. The monoisotopic (exact) mass is 313 g/mol. The fourth-order valence-corrected chi connectivity index (χ4v) is 2.42. The van der Waals surface area contributed by atoms with Crippen LogP contribution in [0.15, 0.2) is 36.4 Å². The van der Waals surface area contributed by atoms with E-state index < -0.39 is 5.97 Å². The normalized spacial score (nSPS) is 11.0. The SMILES string of the molecule is CC(C)Cc1nc(-c2ccccc2OC(C)C)ccc1C(=O)O. The summed E-state index contributed by atoms with van der Waals surface area (Å²) < 4.78 is 5.84. The number of carboxylic acids is 1. The zero-order valence-corrected chi connectivity index (χ0v) is 14.0. The van der Waals surface area contributed by atoms with Crippen LogP contribution >= 0.6 is 0 Å². The van der Waals surface area contributed by atoms with Gasteiger partial charge in [-0.15, -0.1) is 0 Å². The lowest BCUT2D eigenvalue weighted by atomic mass is 10.0. The van der Waals surface area contributed by atoms with Crippen molar-refractivity contribution in [1.82, 2.24) is 4.98 Å². The number of pyridine rings is 1. The van der Waals surface area contributed by atoms with E-state index in [2.05, 4.69) is 18.8 Å². The zero-order valence-electron chi connectivity index (χ0n) is 14.0. The van der Waals surface area contributed by atoms with Crippen molar-refractivity contribution in [3.05, 3.63) is 47.7 Å². The molecule has 122 valence electrons. The third kappa shape index (κ3) is 4.31. The lowest BCUT2D eigenvalue weighted by Gasteiger charge is -2.15. The minimum Gasteiger partial charge on any atom is -0.490 e. The summed E-state index contributed by atoms with van der Waals surface area (Å²) in [6.07, 6.45) is 0.687. The van der Waals surface area contributed by atoms with Gasteiger partial charge >= 0.3 is 5.97 Å². The first-order valence-corrected chi connectivity index (χ1v) is 7.87. The van der Waals surface area contributed by atoms with Gasteiger partial charge in [-0.2, -0.15) is 0 Å². The molecule has 23 heavy (non-hydrogen) atoms. The van der Waals surface area contributed by atoms with Crippen LogP contribution in [0.1, 0.15) is 43.7 Å². The van der Waals surface area contributed by atoms with E-state index in [1.54, 1.807) is 12.1 Å². The van der Waals surface area contributed by atoms with Gasteiger partial charge in [-0.25, -0.2) is 4.79 Å². The highest BCUT2D eigenvalue weighted by Gasteiger charge is 2.16. The molecule has 0 amide bonds. The van der Waals surface area contributed by atoms with Crippen LogP contribution in [0.3, 0.4) is 0 Å². The van der Waals surface area contributed by atoms with Crippen molar-refractivity contribution >= 4 is 5.97 Å². The Morgan fingerprint density at radius 1 is 1.13 bits per heavy atom. The Morgan fingerprint density at radius 2 is 1.83 bits per heavy atom. The van der Waals surface area contributed by atoms with E-state index in [4.69, 9.17) is 4.74 Å². The quantitative estimate of drug-likeness (QED) is 0.857. The third-order valence-corrected chi connectivity index (χ3v) is 3.33. The van der Waals surface area contributed by atoms with Gasteiger partial charge in [0.25, 0.3) is 0 Å². The molecular formula is C19H23NO3. The number of ether oxygens (including phenoxy) is 1. The second-order valence-corrected chi connectivity index (χ2v) is 6.26. The first-order chi connectivity index (χ1) is 10.9. The molecule has 1 heterocycles. The lowest BCUT2D eigenvalue weighted by Crippen LogP contribution is -2.09. The highest BCUT2D eigenvalue weighted by atomic mass is 16.5. The van der Waals surface area contributed by atoms with Crippen LogP contribution in [0.5, 0.6) is 5.75 Å². The van der Waals surface area contributed by atoms with Crippen LogP contribution in [-0.2, 0) is 6.42 Å². The molecule has 0 radical (unpaired) electrons. The number of hydrogen-bond acceptors (Lipinski definition) is 3. The third-order valence-electron chi connectivity index (χ3n) is 3.33. The van der Waals surface area contributed by atoms with Crippen molar-refractivity contribution in [3.63, 3.8) is 0 Å². The fourth-order valence-electron chi connectivity index (χ4n) is 2.42. The molecule has 4 heteroatoms. The number of carbonyl (C=O) groups is 1. The molecule has 1 aromatic carbocycles. The van der Waals surface area contributed by atoms with Crippen molar-refractivity contribution < 1.29 is 14.6 Å². The molecule has 0 aliphatic rings. The summed E-state index contributed by atoms with van der Waals surface area (Å²) in [7, 11) is 0. The maximum atomic E-state index is 11.4. The average molecular weight is 313 g/mol. The summed E-state index contributed by atoms with van der Waals surface area (Å²) in [5, 5.41) is 9.35. The Balaban J connectivity index is 2.50. The van der Waals surface area contributed by atoms with Gasteiger partial charge in [-0.3, -0.25) is 4.98 Å². The molecule has 1 N–H and O–H groups in total. The summed E-state index contributed by atoms with van der Waals surface area (Å²) in [5.41, 5.74) is 2.50. The highest BCUT2D eigenvalue weighted by molar-refractivity contribution is 5.89. The Bertz CT molecular complexity index is 693. The maximum Gasteiger partial charge on any atom is 0.337 e.